The van der Waals surface area contributed by atoms with E-state index in [0.717, 1.165) is 25.2 Å². The van der Waals surface area contributed by atoms with Crippen molar-refractivity contribution in [2.75, 3.05) is 26.2 Å². The summed E-state index contributed by atoms with van der Waals surface area (Å²) in [4.78, 5) is 20.5. The number of nitrogens with zero attached hydrogens (tertiary/aromatic N) is 3. The van der Waals surface area contributed by atoms with Crippen LogP contribution in [-0.2, 0) is 9.59 Å². The number of ether oxygens (including phenoxy) is 1. The van der Waals surface area contributed by atoms with Gasteiger partial charge in [-0.15, -0.1) is 5.10 Å². The van der Waals surface area contributed by atoms with E-state index in [1.165, 1.54) is 0 Å². The molecule has 0 unspecified atom stereocenters. The van der Waals surface area contributed by atoms with Gasteiger partial charge in [-0.1, -0.05) is 19.9 Å². The minimum Gasteiger partial charge on any atom is -0.475 e. The minimum atomic E-state index is -1.82. The fraction of sp³-hybridized carbons (Fsp3) is 0.400. The standard InChI is InChI=1S/C13H19N3O.C2H2O4/c1-3-15(4-2)9-10-17-13-11-12-7-5-6-8-16(12)14-13;3-1(4)2(5)6/h5-8,11H,3-4,9-10H2,1-2H3;(H,3,4)(H,5,6). The van der Waals surface area contributed by atoms with Crippen LogP contribution in [0.2, 0.25) is 0 Å². The van der Waals surface area contributed by atoms with Gasteiger partial charge in [0, 0.05) is 18.8 Å². The Hall–Kier alpha value is -2.61. The molecule has 2 aromatic rings. The first kappa shape index (κ1) is 18.4. The van der Waals surface area contributed by atoms with Crippen LogP contribution in [0, 0.1) is 0 Å². The summed E-state index contributed by atoms with van der Waals surface area (Å²) in [7, 11) is 0. The van der Waals surface area contributed by atoms with Crippen molar-refractivity contribution >= 4 is 17.5 Å². The van der Waals surface area contributed by atoms with Crippen LogP contribution in [0.5, 0.6) is 5.88 Å². The summed E-state index contributed by atoms with van der Waals surface area (Å²) in [5, 5.41) is 19.1. The molecular weight excluding hydrogens is 302 g/mol. The lowest BCUT2D eigenvalue weighted by molar-refractivity contribution is -0.159. The van der Waals surface area contributed by atoms with Crippen LogP contribution in [0.1, 0.15) is 13.8 Å². The first-order valence-corrected chi connectivity index (χ1v) is 7.23. The molecule has 0 spiro atoms. The number of fused-ring (bicyclic) bond motifs is 1. The summed E-state index contributed by atoms with van der Waals surface area (Å²) < 4.78 is 7.48. The van der Waals surface area contributed by atoms with Crippen molar-refractivity contribution in [3.63, 3.8) is 0 Å². The molecule has 8 heteroatoms. The number of hydrogen-bond acceptors (Lipinski definition) is 5. The first-order chi connectivity index (χ1) is 11.0. The second-order valence-electron chi connectivity index (χ2n) is 4.54. The van der Waals surface area contributed by atoms with E-state index in [4.69, 9.17) is 24.5 Å². The van der Waals surface area contributed by atoms with Gasteiger partial charge in [-0.05, 0) is 25.2 Å². The van der Waals surface area contributed by atoms with Crippen molar-refractivity contribution in [3.05, 3.63) is 30.5 Å². The number of carboxylic acids is 2. The Bertz CT molecular complexity index is 592. The molecule has 0 saturated carbocycles. The predicted molar refractivity (Wildman–Crippen MR) is 83.7 cm³/mol. The molecule has 126 valence electrons. The zero-order chi connectivity index (χ0) is 17.2. The highest BCUT2D eigenvalue weighted by atomic mass is 16.5. The van der Waals surface area contributed by atoms with Gasteiger partial charge in [0.15, 0.2) is 0 Å². The number of pyridine rings is 1. The fourth-order valence-electron chi connectivity index (χ4n) is 1.80. The maximum atomic E-state index is 9.10. The largest absolute Gasteiger partial charge is 0.475 e. The zero-order valence-electron chi connectivity index (χ0n) is 13.2. The van der Waals surface area contributed by atoms with E-state index >= 15 is 0 Å². The third kappa shape index (κ3) is 6.35. The molecular formula is C15H21N3O5. The number of aromatic nitrogens is 2. The highest BCUT2D eigenvalue weighted by Crippen LogP contribution is 2.12. The number of likely N-dealkylation sites (N-methyl/N-ethyl adjacent to an activating group) is 1. The summed E-state index contributed by atoms with van der Waals surface area (Å²) in [6.45, 7) is 8.07. The van der Waals surface area contributed by atoms with Gasteiger partial charge in [-0.3, -0.25) is 0 Å². The average Bonchev–Trinajstić information content (AvgIpc) is 2.94. The van der Waals surface area contributed by atoms with Gasteiger partial charge in [0.2, 0.25) is 5.88 Å². The van der Waals surface area contributed by atoms with Crippen LogP contribution < -0.4 is 4.74 Å². The number of aliphatic carboxylic acids is 2. The van der Waals surface area contributed by atoms with E-state index in [-0.39, 0.29) is 0 Å². The molecule has 0 aliphatic heterocycles. The first-order valence-electron chi connectivity index (χ1n) is 7.23. The molecule has 2 rings (SSSR count). The van der Waals surface area contributed by atoms with Crippen LogP contribution in [0.25, 0.3) is 5.52 Å². The Labute approximate surface area is 133 Å². The Morgan fingerprint density at radius 1 is 1.22 bits per heavy atom. The van der Waals surface area contributed by atoms with Crippen molar-refractivity contribution in [1.82, 2.24) is 14.5 Å². The van der Waals surface area contributed by atoms with Gasteiger partial charge < -0.3 is 19.8 Å². The molecule has 0 amide bonds. The molecule has 8 nitrogen and oxygen atoms in total. The Morgan fingerprint density at radius 3 is 2.39 bits per heavy atom. The normalized spacial score (nSPS) is 10.2. The third-order valence-electron chi connectivity index (χ3n) is 3.08. The van der Waals surface area contributed by atoms with Gasteiger partial charge in [-0.2, -0.15) is 0 Å². The maximum Gasteiger partial charge on any atom is 0.414 e. The van der Waals surface area contributed by atoms with E-state index in [1.54, 1.807) is 0 Å². The molecule has 0 aliphatic carbocycles. The minimum absolute atomic E-state index is 0.686. The monoisotopic (exact) mass is 323 g/mol. The fourth-order valence-corrected chi connectivity index (χ4v) is 1.80. The molecule has 2 heterocycles. The lowest BCUT2D eigenvalue weighted by Crippen LogP contribution is -2.27. The maximum absolute atomic E-state index is 9.10. The summed E-state index contributed by atoms with van der Waals surface area (Å²) >= 11 is 0. The van der Waals surface area contributed by atoms with Crippen LogP contribution in [-0.4, -0.2) is 62.9 Å². The number of carbonyl (C=O) groups is 2. The topological polar surface area (TPSA) is 104 Å². The number of hydrogen-bond donors (Lipinski definition) is 2. The molecule has 0 aromatic carbocycles. The molecule has 0 atom stereocenters. The molecule has 0 saturated heterocycles. The summed E-state index contributed by atoms with van der Waals surface area (Å²) in [6, 6.07) is 7.93. The molecule has 0 radical (unpaired) electrons. The van der Waals surface area contributed by atoms with E-state index < -0.39 is 11.9 Å². The molecule has 2 aromatic heterocycles. The lowest BCUT2D eigenvalue weighted by atomic mass is 10.4. The van der Waals surface area contributed by atoms with E-state index in [1.807, 2.05) is 35.0 Å². The van der Waals surface area contributed by atoms with Crippen molar-refractivity contribution in [1.29, 1.82) is 0 Å². The van der Waals surface area contributed by atoms with E-state index in [0.29, 0.717) is 12.5 Å². The van der Waals surface area contributed by atoms with Gasteiger partial charge in [0.05, 0.1) is 5.52 Å². The second-order valence-corrected chi connectivity index (χ2v) is 4.54. The second kappa shape index (κ2) is 9.42. The molecule has 0 aliphatic rings. The quantitative estimate of drug-likeness (QED) is 0.770. The lowest BCUT2D eigenvalue weighted by Gasteiger charge is -2.17. The van der Waals surface area contributed by atoms with Crippen molar-refractivity contribution < 1.29 is 24.5 Å². The summed E-state index contributed by atoms with van der Waals surface area (Å²) in [5.74, 6) is -2.95. The van der Waals surface area contributed by atoms with Crippen molar-refractivity contribution in [3.8, 4) is 5.88 Å². The number of carboxylic acid groups (broad SMARTS) is 2. The van der Waals surface area contributed by atoms with Gasteiger partial charge >= 0.3 is 11.9 Å². The Morgan fingerprint density at radius 2 is 1.87 bits per heavy atom. The number of rotatable bonds is 6. The molecule has 2 N–H and O–H groups in total. The Balaban J connectivity index is 0.000000379. The smallest absolute Gasteiger partial charge is 0.414 e. The summed E-state index contributed by atoms with van der Waals surface area (Å²) in [5.41, 5.74) is 1.06. The zero-order valence-corrected chi connectivity index (χ0v) is 13.2. The highest BCUT2D eigenvalue weighted by molar-refractivity contribution is 6.27. The van der Waals surface area contributed by atoms with Crippen LogP contribution >= 0.6 is 0 Å². The summed E-state index contributed by atoms with van der Waals surface area (Å²) in [6.07, 6.45) is 1.92. The van der Waals surface area contributed by atoms with E-state index in [2.05, 4.69) is 23.8 Å². The SMILES string of the molecule is CCN(CC)CCOc1cc2ccccn2n1.O=C(O)C(=O)O. The van der Waals surface area contributed by atoms with Crippen molar-refractivity contribution in [2.24, 2.45) is 0 Å². The van der Waals surface area contributed by atoms with Gasteiger partial charge in [0.1, 0.15) is 6.61 Å². The molecule has 0 fully saturated rings. The average molecular weight is 323 g/mol. The highest BCUT2D eigenvalue weighted by Gasteiger charge is 2.04. The van der Waals surface area contributed by atoms with Crippen LogP contribution in [0.4, 0.5) is 0 Å². The van der Waals surface area contributed by atoms with Gasteiger partial charge in [-0.25, -0.2) is 14.1 Å². The molecule has 0 bridgehead atoms. The third-order valence-corrected chi connectivity index (χ3v) is 3.08. The van der Waals surface area contributed by atoms with E-state index in [9.17, 15) is 0 Å². The van der Waals surface area contributed by atoms with Gasteiger partial charge in [0.25, 0.3) is 0 Å². The van der Waals surface area contributed by atoms with Crippen LogP contribution in [0.3, 0.4) is 0 Å². The Kier molecular flexibility index (Phi) is 7.55. The van der Waals surface area contributed by atoms with Crippen molar-refractivity contribution in [2.45, 2.75) is 13.8 Å². The molecule has 23 heavy (non-hydrogen) atoms. The predicted octanol–water partition coefficient (Wildman–Crippen LogP) is 1.21. The van der Waals surface area contributed by atoms with Crippen LogP contribution in [0.15, 0.2) is 30.5 Å².